The number of piperazine rings is 1. The van der Waals surface area contributed by atoms with Gasteiger partial charge in [0.2, 0.25) is 0 Å². The Bertz CT molecular complexity index is 249. The van der Waals surface area contributed by atoms with Crippen LogP contribution in [0.5, 0.6) is 0 Å². The molecule has 3 heteroatoms. The fraction of sp³-hybridized carbons (Fsp3) is 1.00. The molecule has 0 bridgehead atoms. The summed E-state index contributed by atoms with van der Waals surface area (Å²) >= 11 is 0. The molecule has 0 aromatic carbocycles. The SMILES string of the molecule is C1CCC2(CC1)CNCCN2CCC1CCOC1. The van der Waals surface area contributed by atoms with E-state index in [1.807, 2.05) is 0 Å². The van der Waals surface area contributed by atoms with Gasteiger partial charge in [0.25, 0.3) is 0 Å². The number of ether oxygens (including phenoxy) is 1. The standard InChI is InChI=1S/C15H28N2O/c1-2-6-15(7-3-1)13-16-8-10-17(15)9-4-14-5-11-18-12-14/h14,16H,1-13H2. The van der Waals surface area contributed by atoms with Gasteiger partial charge in [-0.2, -0.15) is 0 Å². The van der Waals surface area contributed by atoms with Crippen LogP contribution < -0.4 is 5.32 Å². The van der Waals surface area contributed by atoms with E-state index in [0.29, 0.717) is 5.54 Å². The lowest BCUT2D eigenvalue weighted by Crippen LogP contribution is -2.62. The summed E-state index contributed by atoms with van der Waals surface area (Å²) in [6.07, 6.45) is 9.80. The lowest BCUT2D eigenvalue weighted by molar-refractivity contribution is 0.0229. The molecule has 3 fully saturated rings. The summed E-state index contributed by atoms with van der Waals surface area (Å²) in [6, 6.07) is 0. The van der Waals surface area contributed by atoms with Crippen molar-refractivity contribution < 1.29 is 4.74 Å². The molecule has 1 spiro atoms. The minimum atomic E-state index is 0.510. The van der Waals surface area contributed by atoms with Crippen molar-refractivity contribution in [3.63, 3.8) is 0 Å². The summed E-state index contributed by atoms with van der Waals surface area (Å²) in [6.45, 7) is 6.98. The third-order valence-corrected chi connectivity index (χ3v) is 5.30. The molecular formula is C15H28N2O. The normalized spacial score (nSPS) is 33.0. The maximum Gasteiger partial charge on any atom is 0.0495 e. The molecule has 0 radical (unpaired) electrons. The molecule has 2 aliphatic heterocycles. The number of hydrogen-bond donors (Lipinski definition) is 1. The Labute approximate surface area is 111 Å². The lowest BCUT2D eigenvalue weighted by atomic mass is 9.79. The Balaban J connectivity index is 1.56. The van der Waals surface area contributed by atoms with Crippen molar-refractivity contribution in [2.45, 2.75) is 50.5 Å². The molecule has 2 saturated heterocycles. The van der Waals surface area contributed by atoms with E-state index in [1.165, 1.54) is 71.1 Å². The Morgan fingerprint density at radius 1 is 1.22 bits per heavy atom. The number of rotatable bonds is 3. The van der Waals surface area contributed by atoms with Gasteiger partial charge in [0.15, 0.2) is 0 Å². The summed E-state index contributed by atoms with van der Waals surface area (Å²) in [5.74, 6) is 0.834. The first-order valence-corrected chi connectivity index (χ1v) is 7.93. The van der Waals surface area contributed by atoms with Crippen molar-refractivity contribution >= 4 is 0 Å². The molecule has 0 aromatic rings. The van der Waals surface area contributed by atoms with Crippen LogP contribution in [0.15, 0.2) is 0 Å². The third-order valence-electron chi connectivity index (χ3n) is 5.30. The van der Waals surface area contributed by atoms with E-state index >= 15 is 0 Å². The topological polar surface area (TPSA) is 24.5 Å². The van der Waals surface area contributed by atoms with Crippen LogP contribution in [0.1, 0.15) is 44.9 Å². The van der Waals surface area contributed by atoms with Crippen LogP contribution in [0.2, 0.25) is 0 Å². The highest BCUT2D eigenvalue weighted by Gasteiger charge is 2.39. The maximum absolute atomic E-state index is 5.50. The van der Waals surface area contributed by atoms with Gasteiger partial charge in [0, 0.05) is 38.4 Å². The Morgan fingerprint density at radius 2 is 2.11 bits per heavy atom. The van der Waals surface area contributed by atoms with Gasteiger partial charge in [0.05, 0.1) is 0 Å². The molecule has 104 valence electrons. The molecule has 0 aromatic heterocycles. The van der Waals surface area contributed by atoms with Crippen molar-refractivity contribution in [2.24, 2.45) is 5.92 Å². The van der Waals surface area contributed by atoms with E-state index in [1.54, 1.807) is 0 Å². The summed E-state index contributed by atoms with van der Waals surface area (Å²) in [5, 5.41) is 3.64. The van der Waals surface area contributed by atoms with Gasteiger partial charge in [-0.3, -0.25) is 4.90 Å². The zero-order valence-corrected chi connectivity index (χ0v) is 11.6. The first-order chi connectivity index (χ1) is 8.89. The van der Waals surface area contributed by atoms with E-state index in [0.717, 1.165) is 19.1 Å². The molecular weight excluding hydrogens is 224 g/mol. The van der Waals surface area contributed by atoms with Gasteiger partial charge < -0.3 is 10.1 Å². The first-order valence-electron chi connectivity index (χ1n) is 7.93. The van der Waals surface area contributed by atoms with Crippen molar-refractivity contribution in [3.05, 3.63) is 0 Å². The predicted octanol–water partition coefficient (Wildman–Crippen LogP) is 2.02. The van der Waals surface area contributed by atoms with Crippen molar-refractivity contribution in [3.8, 4) is 0 Å². The quantitative estimate of drug-likeness (QED) is 0.831. The van der Waals surface area contributed by atoms with Crippen LogP contribution in [-0.2, 0) is 4.74 Å². The molecule has 1 atom stereocenters. The largest absolute Gasteiger partial charge is 0.381 e. The monoisotopic (exact) mass is 252 g/mol. The highest BCUT2D eigenvalue weighted by molar-refractivity contribution is 4.98. The third kappa shape index (κ3) is 2.73. The molecule has 3 nitrogen and oxygen atoms in total. The Morgan fingerprint density at radius 3 is 2.89 bits per heavy atom. The zero-order chi connectivity index (χ0) is 12.3. The Hall–Kier alpha value is -0.120. The average molecular weight is 252 g/mol. The van der Waals surface area contributed by atoms with Gasteiger partial charge in [-0.05, 0) is 38.1 Å². The van der Waals surface area contributed by atoms with Crippen LogP contribution in [0.25, 0.3) is 0 Å². The number of nitrogens with zero attached hydrogens (tertiary/aromatic N) is 1. The molecule has 3 aliphatic rings. The molecule has 2 heterocycles. The van der Waals surface area contributed by atoms with E-state index in [2.05, 4.69) is 10.2 Å². The van der Waals surface area contributed by atoms with E-state index in [-0.39, 0.29) is 0 Å². The van der Waals surface area contributed by atoms with Gasteiger partial charge in [-0.15, -0.1) is 0 Å². The van der Waals surface area contributed by atoms with Gasteiger partial charge in [-0.25, -0.2) is 0 Å². The van der Waals surface area contributed by atoms with Crippen LogP contribution in [-0.4, -0.2) is 49.8 Å². The van der Waals surface area contributed by atoms with Crippen molar-refractivity contribution in [1.29, 1.82) is 0 Å². The fourth-order valence-electron chi connectivity index (χ4n) is 4.09. The summed E-state index contributed by atoms with van der Waals surface area (Å²) in [4.78, 5) is 2.82. The molecule has 1 aliphatic carbocycles. The van der Waals surface area contributed by atoms with E-state index in [9.17, 15) is 0 Å². The first kappa shape index (κ1) is 12.9. The van der Waals surface area contributed by atoms with E-state index in [4.69, 9.17) is 4.74 Å². The highest BCUT2D eigenvalue weighted by atomic mass is 16.5. The number of nitrogens with one attached hydrogen (secondary N) is 1. The minimum absolute atomic E-state index is 0.510. The maximum atomic E-state index is 5.50. The second-order valence-electron chi connectivity index (χ2n) is 6.47. The van der Waals surface area contributed by atoms with Gasteiger partial charge in [0.1, 0.15) is 0 Å². The smallest absolute Gasteiger partial charge is 0.0495 e. The average Bonchev–Trinajstić information content (AvgIpc) is 2.92. The summed E-state index contributed by atoms with van der Waals surface area (Å²) in [7, 11) is 0. The molecule has 1 saturated carbocycles. The zero-order valence-electron chi connectivity index (χ0n) is 11.6. The van der Waals surface area contributed by atoms with E-state index < -0.39 is 0 Å². The molecule has 0 amide bonds. The lowest BCUT2D eigenvalue weighted by Gasteiger charge is -2.50. The molecule has 18 heavy (non-hydrogen) atoms. The molecule has 1 unspecified atom stereocenters. The van der Waals surface area contributed by atoms with Gasteiger partial charge in [-0.1, -0.05) is 19.3 Å². The van der Waals surface area contributed by atoms with Gasteiger partial charge >= 0.3 is 0 Å². The molecule has 1 N–H and O–H groups in total. The Kier molecular flexibility index (Phi) is 4.22. The van der Waals surface area contributed by atoms with Crippen LogP contribution >= 0.6 is 0 Å². The second-order valence-corrected chi connectivity index (χ2v) is 6.47. The highest BCUT2D eigenvalue weighted by Crippen LogP contribution is 2.35. The van der Waals surface area contributed by atoms with Crippen LogP contribution in [0.3, 0.4) is 0 Å². The number of hydrogen-bond acceptors (Lipinski definition) is 3. The summed E-state index contributed by atoms with van der Waals surface area (Å²) < 4.78 is 5.50. The van der Waals surface area contributed by atoms with Crippen LogP contribution in [0.4, 0.5) is 0 Å². The van der Waals surface area contributed by atoms with Crippen LogP contribution in [0, 0.1) is 5.92 Å². The van der Waals surface area contributed by atoms with Crippen molar-refractivity contribution in [1.82, 2.24) is 10.2 Å². The van der Waals surface area contributed by atoms with Crippen molar-refractivity contribution in [2.75, 3.05) is 39.4 Å². The second kappa shape index (κ2) is 5.89. The molecule has 3 rings (SSSR count). The summed E-state index contributed by atoms with van der Waals surface area (Å²) in [5.41, 5.74) is 0.510. The minimum Gasteiger partial charge on any atom is -0.381 e. The predicted molar refractivity (Wildman–Crippen MR) is 73.8 cm³/mol. The fourth-order valence-corrected chi connectivity index (χ4v) is 4.09.